The summed E-state index contributed by atoms with van der Waals surface area (Å²) in [6.07, 6.45) is 5.69. The maximum absolute atomic E-state index is 12.8. The van der Waals surface area contributed by atoms with Crippen LogP contribution in [0.4, 0.5) is 0 Å². The molecule has 1 N–H and O–H groups in total. The van der Waals surface area contributed by atoms with Crippen LogP contribution in [0.15, 0.2) is 23.1 Å². The van der Waals surface area contributed by atoms with Gasteiger partial charge in [0.15, 0.2) is 0 Å². The molecule has 0 amide bonds. The van der Waals surface area contributed by atoms with E-state index < -0.39 is 16.0 Å². The second-order valence-corrected chi connectivity index (χ2v) is 8.02. The Morgan fingerprint density at radius 3 is 2.50 bits per heavy atom. The molecule has 0 unspecified atom stereocenters. The summed E-state index contributed by atoms with van der Waals surface area (Å²) in [4.78, 5) is 11.1. The highest BCUT2D eigenvalue weighted by atomic mass is 32.2. The second-order valence-electron chi connectivity index (χ2n) is 6.13. The fourth-order valence-electron chi connectivity index (χ4n) is 3.07. The predicted molar refractivity (Wildman–Crippen MR) is 82.3 cm³/mol. The molecule has 0 spiro atoms. The van der Waals surface area contributed by atoms with Gasteiger partial charge in [-0.3, -0.25) is 4.79 Å². The van der Waals surface area contributed by atoms with Crippen molar-refractivity contribution >= 4 is 16.0 Å². The van der Waals surface area contributed by atoms with E-state index in [1.54, 1.807) is 12.1 Å². The van der Waals surface area contributed by atoms with Gasteiger partial charge in [-0.25, -0.2) is 8.42 Å². The molecule has 2 aliphatic carbocycles. The average molecular weight is 323 g/mol. The average Bonchev–Trinajstić information content (AvgIpc) is 3.31. The number of benzene rings is 1. The number of fused-ring (bicyclic) bond motifs is 1. The number of rotatable bonds is 6. The number of sulfonamides is 1. The lowest BCUT2D eigenvalue weighted by Gasteiger charge is -2.23. The van der Waals surface area contributed by atoms with Crippen LogP contribution in [0, 0.1) is 0 Å². The molecule has 120 valence electrons. The van der Waals surface area contributed by atoms with Crippen LogP contribution in [-0.4, -0.2) is 36.4 Å². The van der Waals surface area contributed by atoms with Crippen LogP contribution < -0.4 is 0 Å². The zero-order valence-electron chi connectivity index (χ0n) is 12.5. The van der Waals surface area contributed by atoms with Gasteiger partial charge in [0.25, 0.3) is 0 Å². The lowest BCUT2D eigenvalue weighted by Crippen LogP contribution is -2.35. The molecule has 1 fully saturated rings. The fourth-order valence-corrected chi connectivity index (χ4v) is 4.81. The lowest BCUT2D eigenvalue weighted by atomic mass is 9.92. The van der Waals surface area contributed by atoms with Gasteiger partial charge in [-0.1, -0.05) is 6.07 Å². The van der Waals surface area contributed by atoms with Crippen molar-refractivity contribution in [3.63, 3.8) is 0 Å². The largest absolute Gasteiger partial charge is 0.481 e. The monoisotopic (exact) mass is 323 g/mol. The second kappa shape index (κ2) is 6.01. The van der Waals surface area contributed by atoms with Crippen LogP contribution >= 0.6 is 0 Å². The van der Waals surface area contributed by atoms with Gasteiger partial charge in [0.2, 0.25) is 10.0 Å². The maximum atomic E-state index is 12.8. The van der Waals surface area contributed by atoms with Gasteiger partial charge in [0.1, 0.15) is 0 Å². The SMILES string of the molecule is O=C(O)CCN(C1CC1)S(=O)(=O)c1ccc2c(c1)CCCC2. The van der Waals surface area contributed by atoms with Gasteiger partial charge in [0.05, 0.1) is 11.3 Å². The molecule has 1 aromatic rings. The molecule has 0 heterocycles. The van der Waals surface area contributed by atoms with Gasteiger partial charge in [0, 0.05) is 12.6 Å². The van der Waals surface area contributed by atoms with E-state index in [4.69, 9.17) is 5.11 Å². The number of hydrogen-bond acceptors (Lipinski definition) is 3. The van der Waals surface area contributed by atoms with Crippen LogP contribution in [0.1, 0.15) is 43.2 Å². The molecule has 0 aliphatic heterocycles. The van der Waals surface area contributed by atoms with Crippen molar-refractivity contribution in [2.75, 3.05) is 6.54 Å². The van der Waals surface area contributed by atoms with Crippen molar-refractivity contribution in [1.29, 1.82) is 0 Å². The van der Waals surface area contributed by atoms with E-state index in [2.05, 4.69) is 0 Å². The Kier molecular flexibility index (Phi) is 4.23. The van der Waals surface area contributed by atoms with Crippen LogP contribution in [0.3, 0.4) is 0 Å². The molecule has 0 aromatic heterocycles. The zero-order chi connectivity index (χ0) is 15.7. The zero-order valence-corrected chi connectivity index (χ0v) is 13.3. The van der Waals surface area contributed by atoms with Gasteiger partial charge in [-0.2, -0.15) is 4.31 Å². The first-order chi connectivity index (χ1) is 10.5. The molecule has 22 heavy (non-hydrogen) atoms. The number of aryl methyl sites for hydroxylation is 2. The van der Waals surface area contributed by atoms with Crippen LogP contribution in [-0.2, 0) is 27.7 Å². The quantitative estimate of drug-likeness (QED) is 0.871. The first kappa shape index (κ1) is 15.5. The van der Waals surface area contributed by atoms with Gasteiger partial charge >= 0.3 is 5.97 Å². The molecule has 6 heteroatoms. The van der Waals surface area contributed by atoms with E-state index in [1.165, 1.54) is 9.87 Å². The highest BCUT2D eigenvalue weighted by molar-refractivity contribution is 7.89. The molecular weight excluding hydrogens is 302 g/mol. The lowest BCUT2D eigenvalue weighted by molar-refractivity contribution is -0.137. The summed E-state index contributed by atoms with van der Waals surface area (Å²) in [7, 11) is -3.60. The molecule has 0 atom stereocenters. The Labute approximate surface area is 131 Å². The molecule has 0 saturated heterocycles. The highest BCUT2D eigenvalue weighted by Gasteiger charge is 2.38. The van der Waals surface area contributed by atoms with Crippen LogP contribution in [0.25, 0.3) is 0 Å². The third kappa shape index (κ3) is 3.17. The van der Waals surface area contributed by atoms with Crippen molar-refractivity contribution in [1.82, 2.24) is 4.31 Å². The minimum Gasteiger partial charge on any atom is -0.481 e. The first-order valence-electron chi connectivity index (χ1n) is 7.84. The van der Waals surface area contributed by atoms with Crippen LogP contribution in [0.5, 0.6) is 0 Å². The summed E-state index contributed by atoms with van der Waals surface area (Å²) in [6.45, 7) is 0.0550. The number of carboxylic acid groups (broad SMARTS) is 1. The molecule has 0 radical (unpaired) electrons. The fraction of sp³-hybridized carbons (Fsp3) is 0.562. The van der Waals surface area contributed by atoms with Crippen molar-refractivity contribution in [2.45, 2.75) is 55.9 Å². The topological polar surface area (TPSA) is 74.7 Å². The minimum atomic E-state index is -3.60. The van der Waals surface area contributed by atoms with Crippen molar-refractivity contribution < 1.29 is 18.3 Å². The Bertz CT molecular complexity index is 679. The molecule has 1 saturated carbocycles. The molecule has 1 aromatic carbocycles. The molecule has 2 aliphatic rings. The summed E-state index contributed by atoms with van der Waals surface area (Å²) < 4.78 is 27.1. The Balaban J connectivity index is 1.88. The molecular formula is C16H21NO4S. The highest BCUT2D eigenvalue weighted by Crippen LogP contribution is 2.33. The van der Waals surface area contributed by atoms with E-state index >= 15 is 0 Å². The van der Waals surface area contributed by atoms with Crippen LogP contribution in [0.2, 0.25) is 0 Å². The summed E-state index contributed by atoms with van der Waals surface area (Å²) in [5, 5.41) is 8.84. The number of hydrogen-bond donors (Lipinski definition) is 1. The van der Waals surface area contributed by atoms with Crippen molar-refractivity contribution in [3.8, 4) is 0 Å². The Morgan fingerprint density at radius 2 is 1.86 bits per heavy atom. The van der Waals surface area contributed by atoms with E-state index in [0.717, 1.165) is 44.1 Å². The minimum absolute atomic E-state index is 0.0274. The smallest absolute Gasteiger partial charge is 0.304 e. The third-order valence-corrected chi connectivity index (χ3v) is 6.37. The predicted octanol–water partition coefficient (Wildman–Crippen LogP) is 2.19. The third-order valence-electron chi connectivity index (χ3n) is 4.43. The van der Waals surface area contributed by atoms with Gasteiger partial charge in [-0.15, -0.1) is 0 Å². The molecule has 0 bridgehead atoms. The van der Waals surface area contributed by atoms with E-state index in [9.17, 15) is 13.2 Å². The summed E-state index contributed by atoms with van der Waals surface area (Å²) >= 11 is 0. The van der Waals surface area contributed by atoms with Crippen molar-refractivity contribution in [2.24, 2.45) is 0 Å². The summed E-state index contributed by atoms with van der Waals surface area (Å²) in [5.41, 5.74) is 2.37. The number of carboxylic acids is 1. The maximum Gasteiger partial charge on any atom is 0.304 e. The van der Waals surface area contributed by atoms with E-state index in [1.807, 2.05) is 6.07 Å². The Hall–Kier alpha value is -1.40. The summed E-state index contributed by atoms with van der Waals surface area (Å²) in [6, 6.07) is 5.36. The van der Waals surface area contributed by atoms with Gasteiger partial charge in [-0.05, 0) is 61.8 Å². The molecule has 5 nitrogen and oxygen atoms in total. The number of aliphatic carboxylic acids is 1. The summed E-state index contributed by atoms with van der Waals surface area (Å²) in [5.74, 6) is -0.966. The first-order valence-corrected chi connectivity index (χ1v) is 9.28. The Morgan fingerprint density at radius 1 is 1.18 bits per heavy atom. The van der Waals surface area contributed by atoms with Gasteiger partial charge < -0.3 is 5.11 Å². The standard InChI is InChI=1S/C16H21NO4S/c18-16(19)9-10-17(14-6-7-14)22(20,21)15-8-5-12-3-1-2-4-13(12)11-15/h5,8,11,14H,1-4,6-7,9-10H2,(H,18,19). The van der Waals surface area contributed by atoms with E-state index in [-0.39, 0.29) is 19.0 Å². The number of carbonyl (C=O) groups is 1. The number of nitrogens with zero attached hydrogens (tertiary/aromatic N) is 1. The normalized spacial score (nSPS) is 18.2. The van der Waals surface area contributed by atoms with E-state index in [0.29, 0.717) is 4.90 Å². The van der Waals surface area contributed by atoms with Crippen molar-refractivity contribution in [3.05, 3.63) is 29.3 Å². The molecule has 3 rings (SSSR count).